The van der Waals surface area contributed by atoms with E-state index >= 15 is 0 Å². The summed E-state index contributed by atoms with van der Waals surface area (Å²) in [6.45, 7) is 5.45. The Morgan fingerprint density at radius 1 is 1.34 bits per heavy atom. The SMILES string of the molecule is C[C@]1(CO)[C@H]2CC=C(Cn3cccn3)[C@@H](CCC3=CCOC3=O)[C@]2(C)CC[C@H]1O. The molecule has 5 atom stereocenters. The highest BCUT2D eigenvalue weighted by atomic mass is 16.5. The van der Waals surface area contributed by atoms with Crippen LogP contribution in [0.4, 0.5) is 0 Å². The lowest BCUT2D eigenvalue weighted by Crippen LogP contribution is -2.57. The van der Waals surface area contributed by atoms with E-state index in [9.17, 15) is 15.0 Å². The number of fused-ring (bicyclic) bond motifs is 1. The standard InChI is InChI=1S/C23H32N2O4/c1-22-10-8-20(27)23(2,15-26)19(22)7-5-17(14-25-12-3-11-24-25)18(22)6-4-16-9-13-29-21(16)28/h3,5,9,11-12,18-20,26-27H,4,6-8,10,13-15H2,1-2H3/t18-,19+,20-,22+,23+/m1/s1. The molecular weight excluding hydrogens is 368 g/mol. The van der Waals surface area contributed by atoms with E-state index in [0.717, 1.165) is 31.4 Å². The Hall–Kier alpha value is -1.92. The fraction of sp³-hybridized carbons (Fsp3) is 0.652. The molecule has 1 fully saturated rings. The first-order chi connectivity index (χ1) is 13.9. The molecule has 1 aromatic heterocycles. The second kappa shape index (κ2) is 7.73. The molecule has 2 N–H and O–H groups in total. The van der Waals surface area contributed by atoms with Crippen molar-refractivity contribution in [3.8, 4) is 0 Å². The molecule has 0 amide bonds. The van der Waals surface area contributed by atoms with Gasteiger partial charge >= 0.3 is 5.97 Å². The van der Waals surface area contributed by atoms with Crippen molar-refractivity contribution >= 4 is 5.97 Å². The molecule has 158 valence electrons. The minimum absolute atomic E-state index is 0.0129. The highest BCUT2D eigenvalue weighted by Crippen LogP contribution is 2.60. The molecule has 6 heteroatoms. The second-order valence-corrected chi connectivity index (χ2v) is 9.41. The van der Waals surface area contributed by atoms with Crippen LogP contribution in [0, 0.1) is 22.7 Å². The first-order valence-electron chi connectivity index (χ1n) is 10.7. The van der Waals surface area contributed by atoms with Gasteiger partial charge in [0.2, 0.25) is 0 Å². The molecular formula is C23H32N2O4. The number of aliphatic hydroxyl groups excluding tert-OH is 2. The van der Waals surface area contributed by atoms with Crippen LogP contribution in [-0.4, -0.2) is 45.3 Å². The van der Waals surface area contributed by atoms with Gasteiger partial charge in [-0.25, -0.2) is 4.79 Å². The quantitative estimate of drug-likeness (QED) is 0.567. The van der Waals surface area contributed by atoms with E-state index in [1.807, 2.05) is 29.9 Å². The van der Waals surface area contributed by atoms with Crippen molar-refractivity contribution in [2.45, 2.75) is 58.6 Å². The molecule has 1 aromatic rings. The molecule has 0 unspecified atom stereocenters. The first-order valence-corrected chi connectivity index (χ1v) is 10.7. The molecule has 3 aliphatic rings. The average molecular weight is 401 g/mol. The van der Waals surface area contributed by atoms with Crippen molar-refractivity contribution in [3.05, 3.63) is 41.8 Å². The molecule has 2 heterocycles. The third kappa shape index (κ3) is 3.46. The lowest BCUT2D eigenvalue weighted by Gasteiger charge is -2.59. The summed E-state index contributed by atoms with van der Waals surface area (Å²) in [7, 11) is 0. The van der Waals surface area contributed by atoms with Crippen LogP contribution in [0.1, 0.15) is 46.0 Å². The molecule has 2 aliphatic carbocycles. The molecule has 29 heavy (non-hydrogen) atoms. The number of aliphatic hydroxyl groups is 2. The van der Waals surface area contributed by atoms with Crippen LogP contribution >= 0.6 is 0 Å². The van der Waals surface area contributed by atoms with Crippen LogP contribution in [0.5, 0.6) is 0 Å². The molecule has 0 bridgehead atoms. The number of rotatable bonds is 6. The van der Waals surface area contributed by atoms with Crippen LogP contribution in [0.15, 0.2) is 41.8 Å². The van der Waals surface area contributed by atoms with Crippen LogP contribution < -0.4 is 0 Å². The summed E-state index contributed by atoms with van der Waals surface area (Å²) in [5.41, 5.74) is 1.56. The van der Waals surface area contributed by atoms with Gasteiger partial charge in [-0.1, -0.05) is 19.9 Å². The first kappa shape index (κ1) is 20.4. The Balaban J connectivity index is 1.65. The van der Waals surface area contributed by atoms with Gasteiger partial charge in [-0.3, -0.25) is 4.68 Å². The minimum Gasteiger partial charge on any atom is -0.458 e. The molecule has 6 nitrogen and oxygen atoms in total. The Bertz CT molecular complexity index is 815. The molecule has 4 rings (SSSR count). The lowest BCUT2D eigenvalue weighted by atomic mass is 9.47. The number of esters is 1. The van der Waals surface area contributed by atoms with Gasteiger partial charge in [-0.15, -0.1) is 0 Å². The fourth-order valence-corrected chi connectivity index (χ4v) is 6.11. The number of aromatic nitrogens is 2. The Morgan fingerprint density at radius 3 is 2.83 bits per heavy atom. The number of cyclic esters (lactones) is 1. The summed E-state index contributed by atoms with van der Waals surface area (Å²) in [4.78, 5) is 12.0. The normalized spacial score (nSPS) is 37.0. The van der Waals surface area contributed by atoms with Gasteiger partial charge in [0, 0.05) is 23.4 Å². The maximum absolute atomic E-state index is 12.0. The van der Waals surface area contributed by atoms with Crippen molar-refractivity contribution < 1.29 is 19.7 Å². The minimum atomic E-state index is -0.509. The zero-order valence-corrected chi connectivity index (χ0v) is 17.4. The van der Waals surface area contributed by atoms with Crippen LogP contribution in [-0.2, 0) is 16.1 Å². The number of ether oxygens (including phenoxy) is 1. The Kier molecular flexibility index (Phi) is 5.42. The monoisotopic (exact) mass is 400 g/mol. The van der Waals surface area contributed by atoms with Crippen molar-refractivity contribution in [1.82, 2.24) is 9.78 Å². The van der Waals surface area contributed by atoms with Crippen molar-refractivity contribution in [2.24, 2.45) is 22.7 Å². The predicted octanol–water partition coefficient (Wildman–Crippen LogP) is 2.87. The highest BCUT2D eigenvalue weighted by Gasteiger charge is 2.57. The van der Waals surface area contributed by atoms with Crippen LogP contribution in [0.2, 0.25) is 0 Å². The third-order valence-corrected chi connectivity index (χ3v) is 7.92. The van der Waals surface area contributed by atoms with Gasteiger partial charge in [0.05, 0.1) is 19.3 Å². The van der Waals surface area contributed by atoms with Gasteiger partial charge in [-0.05, 0) is 67.1 Å². The van der Waals surface area contributed by atoms with Crippen LogP contribution in [0.3, 0.4) is 0 Å². The zero-order chi connectivity index (χ0) is 20.6. The van der Waals surface area contributed by atoms with Gasteiger partial charge in [0.1, 0.15) is 6.61 Å². The van der Waals surface area contributed by atoms with Gasteiger partial charge in [0.15, 0.2) is 0 Å². The maximum Gasteiger partial charge on any atom is 0.334 e. The number of carbonyl (C=O) groups excluding carboxylic acids is 1. The van der Waals surface area contributed by atoms with Crippen molar-refractivity contribution in [2.75, 3.05) is 13.2 Å². The van der Waals surface area contributed by atoms with E-state index in [1.165, 1.54) is 5.57 Å². The summed E-state index contributed by atoms with van der Waals surface area (Å²) in [6, 6.07) is 1.93. The van der Waals surface area contributed by atoms with Crippen LogP contribution in [0.25, 0.3) is 0 Å². The van der Waals surface area contributed by atoms with E-state index in [-0.39, 0.29) is 29.8 Å². The lowest BCUT2D eigenvalue weighted by molar-refractivity contribution is -0.145. The topological polar surface area (TPSA) is 84.6 Å². The largest absolute Gasteiger partial charge is 0.458 e. The highest BCUT2D eigenvalue weighted by molar-refractivity contribution is 5.90. The Labute approximate surface area is 172 Å². The molecule has 0 spiro atoms. The molecule has 0 aromatic carbocycles. The van der Waals surface area contributed by atoms with E-state index in [0.29, 0.717) is 19.4 Å². The molecule has 0 radical (unpaired) electrons. The summed E-state index contributed by atoms with van der Waals surface area (Å²) >= 11 is 0. The summed E-state index contributed by atoms with van der Waals surface area (Å²) in [6.07, 6.45) is 11.5. The fourth-order valence-electron chi connectivity index (χ4n) is 6.11. The van der Waals surface area contributed by atoms with E-state index < -0.39 is 11.5 Å². The zero-order valence-electron chi connectivity index (χ0n) is 17.4. The van der Waals surface area contributed by atoms with Gasteiger partial charge in [0.25, 0.3) is 0 Å². The smallest absolute Gasteiger partial charge is 0.334 e. The van der Waals surface area contributed by atoms with E-state index in [2.05, 4.69) is 18.1 Å². The molecule has 1 saturated carbocycles. The van der Waals surface area contributed by atoms with E-state index in [1.54, 1.807) is 6.20 Å². The number of hydrogen-bond acceptors (Lipinski definition) is 5. The van der Waals surface area contributed by atoms with Gasteiger partial charge in [-0.2, -0.15) is 5.10 Å². The number of carbonyl (C=O) groups is 1. The van der Waals surface area contributed by atoms with Crippen molar-refractivity contribution in [1.29, 1.82) is 0 Å². The Morgan fingerprint density at radius 2 is 2.17 bits per heavy atom. The van der Waals surface area contributed by atoms with E-state index in [4.69, 9.17) is 4.74 Å². The number of hydrogen-bond donors (Lipinski definition) is 2. The second-order valence-electron chi connectivity index (χ2n) is 9.41. The summed E-state index contributed by atoms with van der Waals surface area (Å²) < 4.78 is 7.04. The number of allylic oxidation sites excluding steroid dienone is 2. The molecule has 1 aliphatic heterocycles. The summed E-state index contributed by atoms with van der Waals surface area (Å²) in [5, 5.41) is 25.3. The average Bonchev–Trinajstić information content (AvgIpc) is 3.36. The van der Waals surface area contributed by atoms with Crippen molar-refractivity contribution in [3.63, 3.8) is 0 Å². The third-order valence-electron chi connectivity index (χ3n) is 7.92. The van der Waals surface area contributed by atoms with Gasteiger partial charge < -0.3 is 14.9 Å². The maximum atomic E-state index is 12.0. The predicted molar refractivity (Wildman–Crippen MR) is 109 cm³/mol. The number of nitrogens with zero attached hydrogens (tertiary/aromatic N) is 2. The summed E-state index contributed by atoms with van der Waals surface area (Å²) in [5.74, 6) is 0.261. The molecule has 0 saturated heterocycles.